The molecule has 6 heteroatoms. The Kier molecular flexibility index (Phi) is 5.10. The van der Waals surface area contributed by atoms with Crippen molar-refractivity contribution in [1.29, 1.82) is 0 Å². The van der Waals surface area contributed by atoms with Crippen LogP contribution in [-0.2, 0) is 11.3 Å². The van der Waals surface area contributed by atoms with Crippen LogP contribution in [0.25, 0.3) is 0 Å². The number of hydrogen-bond acceptors (Lipinski definition) is 5. The van der Waals surface area contributed by atoms with Crippen molar-refractivity contribution in [2.24, 2.45) is 16.9 Å². The summed E-state index contributed by atoms with van der Waals surface area (Å²) < 4.78 is 10.8. The van der Waals surface area contributed by atoms with Crippen molar-refractivity contribution in [3.05, 3.63) is 66.0 Å². The number of allylic oxidation sites excluding steroid dienone is 2. The molecular weight excluding hydrogens is 354 g/mol. The van der Waals surface area contributed by atoms with Gasteiger partial charge in [-0.25, -0.2) is 5.01 Å². The average Bonchev–Trinajstić information content (AvgIpc) is 2.76. The third kappa shape index (κ3) is 3.38. The number of nitrogens with zero attached hydrogens (tertiary/aromatic N) is 3. The van der Waals surface area contributed by atoms with Crippen LogP contribution in [0.15, 0.2) is 59.8 Å². The topological polar surface area (TPSA) is 64.0 Å². The van der Waals surface area contributed by atoms with Gasteiger partial charge >= 0.3 is 0 Å². The van der Waals surface area contributed by atoms with E-state index < -0.39 is 0 Å². The van der Waals surface area contributed by atoms with E-state index in [0.29, 0.717) is 18.0 Å². The molecule has 1 aromatic heterocycles. The van der Waals surface area contributed by atoms with Crippen molar-refractivity contribution >= 4 is 11.6 Å². The molecule has 144 valence electrons. The molecule has 1 amide bonds. The van der Waals surface area contributed by atoms with Crippen molar-refractivity contribution in [2.45, 2.75) is 19.4 Å². The van der Waals surface area contributed by atoms with Gasteiger partial charge in [0.1, 0.15) is 0 Å². The summed E-state index contributed by atoms with van der Waals surface area (Å²) in [6.07, 6.45) is 7.50. The number of fused-ring (bicyclic) bond motifs is 1. The second-order valence-corrected chi connectivity index (χ2v) is 6.93. The van der Waals surface area contributed by atoms with E-state index >= 15 is 0 Å². The van der Waals surface area contributed by atoms with Crippen molar-refractivity contribution < 1.29 is 14.3 Å². The van der Waals surface area contributed by atoms with Gasteiger partial charge in [0.05, 0.1) is 38.1 Å². The number of pyridine rings is 1. The first-order valence-electron chi connectivity index (χ1n) is 9.38. The highest BCUT2D eigenvalue weighted by Crippen LogP contribution is 2.37. The number of hydrogen-bond donors (Lipinski definition) is 0. The molecule has 6 nitrogen and oxygen atoms in total. The molecule has 0 N–H and O–H groups in total. The molecule has 0 radical (unpaired) electrons. The number of carbonyl (C=O) groups excluding carboxylic acids is 1. The lowest BCUT2D eigenvalue weighted by molar-refractivity contribution is -0.138. The predicted octanol–water partition coefficient (Wildman–Crippen LogP) is 3.43. The van der Waals surface area contributed by atoms with Gasteiger partial charge < -0.3 is 9.47 Å². The molecule has 0 spiro atoms. The molecule has 1 aliphatic carbocycles. The minimum absolute atomic E-state index is 0.0595. The average molecular weight is 377 g/mol. The SMILES string of the molecule is COc1ccc(C2=NN(Cc3ccccn3)C(=O)[C@H]3CC=CC[C@@H]23)cc1OC. The van der Waals surface area contributed by atoms with Crippen LogP contribution in [0.1, 0.15) is 24.1 Å². The molecule has 2 aromatic rings. The van der Waals surface area contributed by atoms with Gasteiger partial charge in [-0.05, 0) is 43.2 Å². The van der Waals surface area contributed by atoms with Gasteiger partial charge in [0.25, 0.3) is 0 Å². The van der Waals surface area contributed by atoms with E-state index in [0.717, 1.165) is 29.8 Å². The summed E-state index contributed by atoms with van der Waals surface area (Å²) >= 11 is 0. The summed E-state index contributed by atoms with van der Waals surface area (Å²) in [5, 5.41) is 6.34. The maximum Gasteiger partial charge on any atom is 0.247 e. The lowest BCUT2D eigenvalue weighted by Crippen LogP contribution is -2.45. The van der Waals surface area contributed by atoms with Crippen molar-refractivity contribution in [2.75, 3.05) is 14.2 Å². The Balaban J connectivity index is 1.74. The third-order valence-electron chi connectivity index (χ3n) is 5.30. The van der Waals surface area contributed by atoms with E-state index in [2.05, 4.69) is 17.1 Å². The number of methoxy groups -OCH3 is 2. The molecule has 1 aromatic carbocycles. The number of ether oxygens (including phenoxy) is 2. The number of benzene rings is 1. The minimum atomic E-state index is -0.102. The molecule has 2 aliphatic rings. The van der Waals surface area contributed by atoms with Crippen LogP contribution in [0.3, 0.4) is 0 Å². The number of amides is 1. The normalized spacial score (nSPS) is 21.1. The van der Waals surface area contributed by atoms with Crippen molar-refractivity contribution in [3.8, 4) is 11.5 Å². The number of aromatic nitrogens is 1. The van der Waals surface area contributed by atoms with Crippen molar-refractivity contribution in [3.63, 3.8) is 0 Å². The Morgan fingerprint density at radius 1 is 1.04 bits per heavy atom. The highest BCUT2D eigenvalue weighted by Gasteiger charge is 2.40. The first kappa shape index (κ1) is 18.2. The van der Waals surface area contributed by atoms with Crippen LogP contribution in [0.2, 0.25) is 0 Å². The van der Waals surface area contributed by atoms with E-state index in [1.807, 2.05) is 36.4 Å². The van der Waals surface area contributed by atoms with Crippen molar-refractivity contribution in [1.82, 2.24) is 9.99 Å². The molecule has 0 unspecified atom stereocenters. The lowest BCUT2D eigenvalue weighted by Gasteiger charge is -2.36. The highest BCUT2D eigenvalue weighted by atomic mass is 16.5. The summed E-state index contributed by atoms with van der Waals surface area (Å²) in [7, 11) is 3.23. The molecule has 2 heterocycles. The summed E-state index contributed by atoms with van der Waals surface area (Å²) in [4.78, 5) is 17.4. The van der Waals surface area contributed by atoms with Crippen LogP contribution in [0.5, 0.6) is 11.5 Å². The zero-order valence-corrected chi connectivity index (χ0v) is 16.0. The molecule has 0 saturated carbocycles. The molecule has 0 fully saturated rings. The standard InChI is InChI=1S/C22H23N3O3/c1-27-19-11-10-15(13-20(19)28-2)21-17-8-3-4-9-18(17)22(26)25(24-21)14-16-7-5-6-12-23-16/h3-7,10-13,17-18H,8-9,14H2,1-2H3/t17-,18+/m1/s1. The van der Waals surface area contributed by atoms with Gasteiger partial charge in [0.2, 0.25) is 5.91 Å². The molecule has 0 saturated heterocycles. The number of rotatable bonds is 5. The van der Waals surface area contributed by atoms with Gasteiger partial charge in [-0.2, -0.15) is 5.10 Å². The van der Waals surface area contributed by atoms with E-state index in [1.54, 1.807) is 25.4 Å². The van der Waals surface area contributed by atoms with Gasteiger partial charge in [-0.3, -0.25) is 9.78 Å². The van der Waals surface area contributed by atoms with Crippen LogP contribution in [0.4, 0.5) is 0 Å². The maximum atomic E-state index is 13.1. The second-order valence-electron chi connectivity index (χ2n) is 6.93. The van der Waals surface area contributed by atoms with Crippen LogP contribution >= 0.6 is 0 Å². The van der Waals surface area contributed by atoms with Gasteiger partial charge in [0.15, 0.2) is 11.5 Å². The third-order valence-corrected chi connectivity index (χ3v) is 5.30. The molecular formula is C22H23N3O3. The Bertz CT molecular complexity index is 924. The quantitative estimate of drug-likeness (QED) is 0.749. The van der Waals surface area contributed by atoms with E-state index in [1.165, 1.54) is 0 Å². The molecule has 28 heavy (non-hydrogen) atoms. The van der Waals surface area contributed by atoms with Crippen LogP contribution in [-0.4, -0.2) is 35.8 Å². The van der Waals surface area contributed by atoms with Crippen LogP contribution < -0.4 is 9.47 Å². The predicted molar refractivity (Wildman–Crippen MR) is 106 cm³/mol. The fourth-order valence-electron chi connectivity index (χ4n) is 3.86. The van der Waals surface area contributed by atoms with Gasteiger partial charge in [0, 0.05) is 17.7 Å². The Hall–Kier alpha value is -3.15. The molecule has 0 bridgehead atoms. The number of hydrazone groups is 1. The summed E-state index contributed by atoms with van der Waals surface area (Å²) in [5.74, 6) is 1.34. The van der Waals surface area contributed by atoms with Gasteiger partial charge in [-0.1, -0.05) is 18.2 Å². The monoisotopic (exact) mass is 377 g/mol. The lowest BCUT2D eigenvalue weighted by atomic mass is 9.76. The Morgan fingerprint density at radius 2 is 1.82 bits per heavy atom. The number of carbonyl (C=O) groups is 1. The van der Waals surface area contributed by atoms with Gasteiger partial charge in [-0.15, -0.1) is 0 Å². The largest absolute Gasteiger partial charge is 0.493 e. The summed E-state index contributed by atoms with van der Waals surface area (Å²) in [5.41, 5.74) is 2.67. The molecule has 4 rings (SSSR count). The van der Waals surface area contributed by atoms with E-state index in [4.69, 9.17) is 14.6 Å². The fourth-order valence-corrected chi connectivity index (χ4v) is 3.86. The summed E-state index contributed by atoms with van der Waals surface area (Å²) in [6, 6.07) is 11.5. The summed E-state index contributed by atoms with van der Waals surface area (Å²) in [6.45, 7) is 0.364. The highest BCUT2D eigenvalue weighted by molar-refractivity contribution is 6.07. The minimum Gasteiger partial charge on any atom is -0.493 e. The fraction of sp³-hybridized carbons (Fsp3) is 0.318. The van der Waals surface area contributed by atoms with E-state index in [9.17, 15) is 4.79 Å². The Labute approximate surface area is 164 Å². The second kappa shape index (κ2) is 7.84. The van der Waals surface area contributed by atoms with E-state index in [-0.39, 0.29) is 17.7 Å². The van der Waals surface area contributed by atoms with Crippen LogP contribution in [0, 0.1) is 11.8 Å². The first-order chi connectivity index (χ1) is 13.7. The Morgan fingerprint density at radius 3 is 2.54 bits per heavy atom. The first-order valence-corrected chi connectivity index (χ1v) is 9.38. The molecule has 2 atom stereocenters. The molecule has 1 aliphatic heterocycles. The zero-order chi connectivity index (χ0) is 19.5. The maximum absolute atomic E-state index is 13.1. The zero-order valence-electron chi connectivity index (χ0n) is 16.0. The smallest absolute Gasteiger partial charge is 0.247 e.